The molecule has 2 aromatic carbocycles. The van der Waals surface area contributed by atoms with Crippen molar-refractivity contribution in [3.63, 3.8) is 0 Å². The summed E-state index contributed by atoms with van der Waals surface area (Å²) >= 11 is 5.70. The average molecular weight is 321 g/mol. The van der Waals surface area contributed by atoms with Gasteiger partial charge in [-0.1, -0.05) is 41.9 Å². The molecule has 0 atom stereocenters. The van der Waals surface area contributed by atoms with Gasteiger partial charge in [0.1, 0.15) is 11.9 Å². The summed E-state index contributed by atoms with van der Waals surface area (Å²) in [5, 5.41) is 0.122. The molecule has 0 saturated carbocycles. The summed E-state index contributed by atoms with van der Waals surface area (Å²) in [6, 6.07) is 12.4. The van der Waals surface area contributed by atoms with E-state index in [0.717, 1.165) is 16.6 Å². The zero-order valence-electron chi connectivity index (χ0n) is 12.1. The van der Waals surface area contributed by atoms with Gasteiger partial charge in [-0.15, -0.1) is 0 Å². The van der Waals surface area contributed by atoms with Gasteiger partial charge in [0.15, 0.2) is 0 Å². The number of halogens is 2. The maximum Gasteiger partial charge on any atom is 0.494 e. The number of rotatable bonds is 3. The molecule has 0 unspecified atom stereocenters. The predicted molar refractivity (Wildman–Crippen MR) is 84.9 cm³/mol. The van der Waals surface area contributed by atoms with Crippen molar-refractivity contribution in [3.8, 4) is 11.1 Å². The van der Waals surface area contributed by atoms with Crippen LogP contribution in [0.5, 0.6) is 0 Å². The monoisotopic (exact) mass is 320 g/mol. The topological polar surface area (TPSA) is 27.7 Å². The van der Waals surface area contributed by atoms with E-state index in [1.54, 1.807) is 19.2 Å². The summed E-state index contributed by atoms with van der Waals surface area (Å²) in [5.41, 5.74) is 2.61. The van der Waals surface area contributed by atoms with Gasteiger partial charge >= 0.3 is 7.12 Å². The van der Waals surface area contributed by atoms with E-state index in [0.29, 0.717) is 13.2 Å². The minimum Gasteiger partial charge on any atom is -0.404 e. The fourth-order valence-corrected chi connectivity index (χ4v) is 2.44. The van der Waals surface area contributed by atoms with Crippen LogP contribution in [-0.2, 0) is 14.0 Å². The first-order chi connectivity index (χ1) is 10.7. The molecule has 3 nitrogen and oxygen atoms in total. The molecule has 3 rings (SSSR count). The van der Waals surface area contributed by atoms with Gasteiger partial charge in [-0.25, -0.2) is 4.39 Å². The highest BCUT2D eigenvalue weighted by atomic mass is 35.5. The van der Waals surface area contributed by atoms with E-state index in [9.17, 15) is 4.39 Å². The molecule has 1 aliphatic heterocycles. The van der Waals surface area contributed by atoms with Crippen molar-refractivity contribution >= 4 is 24.2 Å². The molecule has 0 bridgehead atoms. The van der Waals surface area contributed by atoms with Gasteiger partial charge < -0.3 is 14.0 Å². The second-order valence-corrected chi connectivity index (χ2v) is 5.51. The van der Waals surface area contributed by atoms with Gasteiger partial charge in [-0.05, 0) is 28.7 Å². The van der Waals surface area contributed by atoms with Crippen molar-refractivity contribution in [2.75, 3.05) is 20.3 Å². The standard InChI is InChI=1S/C16H15BClFO3/c1-20-14-9-21-17(22-10-14)13-5-2-11(3-6-13)12-4-7-15(18)16(19)8-12/h2-8,14H,9-10H2,1H3. The number of methoxy groups -OCH3 is 1. The Balaban J connectivity index is 1.74. The van der Waals surface area contributed by atoms with Crippen LogP contribution in [0.15, 0.2) is 42.5 Å². The Labute approximate surface area is 134 Å². The average Bonchev–Trinajstić information content (AvgIpc) is 2.58. The minimum atomic E-state index is -0.423. The Morgan fingerprint density at radius 2 is 1.73 bits per heavy atom. The molecule has 6 heteroatoms. The van der Waals surface area contributed by atoms with Crippen molar-refractivity contribution in [1.29, 1.82) is 0 Å². The molecule has 0 aromatic heterocycles. The Bertz CT molecular complexity index is 642. The minimum absolute atomic E-state index is 0.0208. The molecule has 22 heavy (non-hydrogen) atoms. The highest BCUT2D eigenvalue weighted by Gasteiger charge is 2.28. The lowest BCUT2D eigenvalue weighted by Gasteiger charge is -2.26. The second-order valence-electron chi connectivity index (χ2n) is 5.11. The maximum absolute atomic E-state index is 13.5. The van der Waals surface area contributed by atoms with Crippen molar-refractivity contribution in [3.05, 3.63) is 53.3 Å². The summed E-state index contributed by atoms with van der Waals surface area (Å²) in [6.45, 7) is 1.01. The third kappa shape index (κ3) is 3.33. The Kier molecular flexibility index (Phi) is 4.79. The van der Waals surface area contributed by atoms with Crippen LogP contribution in [0.3, 0.4) is 0 Å². The van der Waals surface area contributed by atoms with Crippen LogP contribution in [0, 0.1) is 5.82 Å². The molecule has 0 spiro atoms. The molecule has 1 saturated heterocycles. The smallest absolute Gasteiger partial charge is 0.404 e. The van der Waals surface area contributed by atoms with Gasteiger partial charge in [-0.2, -0.15) is 0 Å². The molecule has 0 N–H and O–H groups in total. The second kappa shape index (κ2) is 6.79. The number of ether oxygens (including phenoxy) is 1. The zero-order chi connectivity index (χ0) is 15.5. The first-order valence-corrected chi connectivity index (χ1v) is 7.36. The van der Waals surface area contributed by atoms with Gasteiger partial charge in [0.25, 0.3) is 0 Å². The SMILES string of the molecule is COC1COB(c2ccc(-c3ccc(Cl)c(F)c3)cc2)OC1. The maximum atomic E-state index is 13.5. The van der Waals surface area contributed by atoms with E-state index in [1.165, 1.54) is 6.07 Å². The quantitative estimate of drug-likeness (QED) is 0.814. The third-order valence-electron chi connectivity index (χ3n) is 3.64. The van der Waals surface area contributed by atoms with E-state index < -0.39 is 5.82 Å². The summed E-state index contributed by atoms with van der Waals surface area (Å²) < 4.78 is 29.9. The molecular weight excluding hydrogens is 305 g/mol. The molecule has 1 fully saturated rings. The van der Waals surface area contributed by atoms with Crippen LogP contribution in [0.1, 0.15) is 0 Å². The van der Waals surface area contributed by atoms with E-state index in [1.807, 2.05) is 24.3 Å². The van der Waals surface area contributed by atoms with Crippen molar-refractivity contribution in [2.45, 2.75) is 6.10 Å². The van der Waals surface area contributed by atoms with Crippen LogP contribution >= 0.6 is 11.6 Å². The van der Waals surface area contributed by atoms with Gasteiger partial charge in [0.05, 0.1) is 18.2 Å². The van der Waals surface area contributed by atoms with E-state index in [4.69, 9.17) is 25.6 Å². The van der Waals surface area contributed by atoms with E-state index >= 15 is 0 Å². The predicted octanol–water partition coefficient (Wildman–Crippen LogP) is 2.90. The molecule has 0 aliphatic carbocycles. The molecule has 114 valence electrons. The lowest BCUT2D eigenvalue weighted by atomic mass is 9.77. The van der Waals surface area contributed by atoms with Crippen LogP contribution in [0.25, 0.3) is 11.1 Å². The normalized spacial score (nSPS) is 16.0. The van der Waals surface area contributed by atoms with Crippen LogP contribution in [-0.4, -0.2) is 33.5 Å². The first-order valence-electron chi connectivity index (χ1n) is 6.99. The molecule has 1 heterocycles. The van der Waals surface area contributed by atoms with Crippen LogP contribution in [0.2, 0.25) is 5.02 Å². The molecule has 2 aromatic rings. The highest BCUT2D eigenvalue weighted by molar-refractivity contribution is 6.61. The fourth-order valence-electron chi connectivity index (χ4n) is 2.32. The van der Waals surface area contributed by atoms with Gasteiger partial charge in [-0.3, -0.25) is 0 Å². The van der Waals surface area contributed by atoms with E-state index in [-0.39, 0.29) is 18.2 Å². The third-order valence-corrected chi connectivity index (χ3v) is 3.94. The summed E-state index contributed by atoms with van der Waals surface area (Å²) in [4.78, 5) is 0. The summed E-state index contributed by atoms with van der Waals surface area (Å²) in [7, 11) is 1.25. The summed E-state index contributed by atoms with van der Waals surface area (Å²) in [5.74, 6) is -0.423. The Morgan fingerprint density at radius 3 is 2.32 bits per heavy atom. The molecule has 0 radical (unpaired) electrons. The molecule has 1 aliphatic rings. The number of benzene rings is 2. The molecular formula is C16H15BClFO3. The highest BCUT2D eigenvalue weighted by Crippen LogP contribution is 2.23. The summed E-state index contributed by atoms with van der Waals surface area (Å²) in [6.07, 6.45) is -0.0208. The van der Waals surface area contributed by atoms with Gasteiger partial charge in [0.2, 0.25) is 0 Å². The fraction of sp³-hybridized carbons (Fsp3) is 0.250. The van der Waals surface area contributed by atoms with Crippen molar-refractivity contribution < 1.29 is 18.4 Å². The van der Waals surface area contributed by atoms with Crippen molar-refractivity contribution in [1.82, 2.24) is 0 Å². The van der Waals surface area contributed by atoms with Crippen LogP contribution in [0.4, 0.5) is 4.39 Å². The lowest BCUT2D eigenvalue weighted by Crippen LogP contribution is -2.46. The number of hydrogen-bond acceptors (Lipinski definition) is 3. The van der Waals surface area contributed by atoms with Crippen LogP contribution < -0.4 is 5.46 Å². The Hall–Kier alpha value is -1.40. The zero-order valence-corrected chi connectivity index (χ0v) is 12.8. The first kappa shape index (κ1) is 15.5. The molecule has 0 amide bonds. The van der Waals surface area contributed by atoms with E-state index in [2.05, 4.69) is 0 Å². The largest absolute Gasteiger partial charge is 0.494 e. The number of hydrogen-bond donors (Lipinski definition) is 0. The lowest BCUT2D eigenvalue weighted by molar-refractivity contribution is -0.0186. The van der Waals surface area contributed by atoms with Crippen molar-refractivity contribution in [2.24, 2.45) is 0 Å². The van der Waals surface area contributed by atoms with Gasteiger partial charge in [0, 0.05) is 7.11 Å². The Morgan fingerprint density at radius 1 is 1.09 bits per heavy atom.